The number of para-hydroxylation sites is 1. The molecule has 0 radical (unpaired) electrons. The van der Waals surface area contributed by atoms with Crippen LogP contribution in [0.25, 0.3) is 0 Å². The van der Waals surface area contributed by atoms with Crippen LogP contribution in [0.5, 0.6) is 0 Å². The number of hydrogen-bond donors (Lipinski definition) is 0. The minimum Gasteiger partial charge on any atom is -0.845 e. The van der Waals surface area contributed by atoms with Gasteiger partial charge in [-0.15, -0.1) is 0 Å². The van der Waals surface area contributed by atoms with Crippen molar-refractivity contribution < 1.29 is 24.0 Å². The topological polar surface area (TPSA) is 35.4 Å². The number of benzene rings is 1. The van der Waals surface area contributed by atoms with Crippen molar-refractivity contribution in [3.8, 4) is 0 Å². The summed E-state index contributed by atoms with van der Waals surface area (Å²) in [4.78, 5) is 4.65. The van der Waals surface area contributed by atoms with Crippen molar-refractivity contribution in [2.24, 2.45) is 4.99 Å². The number of aliphatic imine (C=N–C) groups is 1. The van der Waals surface area contributed by atoms with Crippen molar-refractivity contribution in [2.75, 3.05) is 0 Å². The Bertz CT molecular complexity index is 544. The zero-order valence-corrected chi connectivity index (χ0v) is 13.6. The second-order valence-electron chi connectivity index (χ2n) is 5.82. The van der Waals surface area contributed by atoms with Gasteiger partial charge in [0.25, 0.3) is 0 Å². The molecule has 106 valence electrons. The summed E-state index contributed by atoms with van der Waals surface area (Å²) < 4.78 is 0. The van der Waals surface area contributed by atoms with Crippen LogP contribution in [0.2, 0.25) is 0 Å². The van der Waals surface area contributed by atoms with Gasteiger partial charge in [-0.2, -0.15) is 0 Å². The summed E-state index contributed by atoms with van der Waals surface area (Å²) in [6.07, 6.45) is 6.25. The zero-order valence-electron chi connectivity index (χ0n) is 13.6. The van der Waals surface area contributed by atoms with E-state index in [1.807, 2.05) is 6.08 Å². The van der Waals surface area contributed by atoms with E-state index in [0.29, 0.717) is 11.8 Å². The van der Waals surface area contributed by atoms with E-state index in [2.05, 4.69) is 50.9 Å². The average molecular weight is 275 g/mol. The second-order valence-corrected chi connectivity index (χ2v) is 5.82. The average Bonchev–Trinajstić information content (AvgIpc) is 2.81. The largest absolute Gasteiger partial charge is 1.00 e. The molecule has 0 saturated heterocycles. The third-order valence-electron chi connectivity index (χ3n) is 3.59. The third-order valence-corrected chi connectivity index (χ3v) is 3.59. The minimum atomic E-state index is -0.771. The molecule has 1 unspecified atom stereocenters. The van der Waals surface area contributed by atoms with E-state index in [9.17, 15) is 5.11 Å². The maximum absolute atomic E-state index is 11.7. The van der Waals surface area contributed by atoms with Gasteiger partial charge in [0, 0.05) is 6.21 Å². The molecule has 0 amide bonds. The van der Waals surface area contributed by atoms with Gasteiger partial charge in [0.05, 0.1) is 5.69 Å². The van der Waals surface area contributed by atoms with Gasteiger partial charge >= 0.3 is 18.9 Å². The molecule has 0 saturated carbocycles. The van der Waals surface area contributed by atoms with E-state index < -0.39 is 6.10 Å². The first-order chi connectivity index (χ1) is 9.50. The van der Waals surface area contributed by atoms with Gasteiger partial charge in [-0.05, 0) is 28.5 Å². The van der Waals surface area contributed by atoms with E-state index in [0.717, 1.165) is 11.3 Å². The molecule has 2 rings (SSSR count). The summed E-state index contributed by atoms with van der Waals surface area (Å²) in [7, 11) is 0. The maximum atomic E-state index is 11.7. The Labute approximate surface area is 139 Å². The minimum absolute atomic E-state index is 0. The summed E-state index contributed by atoms with van der Waals surface area (Å²) in [5.41, 5.74) is 4.23. The molecular formula is C18H22LiNO. The van der Waals surface area contributed by atoms with Gasteiger partial charge in [0.2, 0.25) is 0 Å². The molecule has 0 N–H and O–H groups in total. The summed E-state index contributed by atoms with van der Waals surface area (Å²) in [5.74, 6) is 0.833. The van der Waals surface area contributed by atoms with Crippen LogP contribution in [0.4, 0.5) is 5.69 Å². The Kier molecular flexibility index (Phi) is 6.68. The Morgan fingerprint density at radius 1 is 1.10 bits per heavy atom. The predicted octanol–water partition coefficient (Wildman–Crippen LogP) is 0.865. The van der Waals surface area contributed by atoms with Gasteiger partial charge in [0.1, 0.15) is 0 Å². The number of allylic oxidation sites excluding steroid dienone is 2. The number of rotatable bonds is 4. The van der Waals surface area contributed by atoms with Crippen LogP contribution in [-0.4, -0.2) is 12.3 Å². The van der Waals surface area contributed by atoms with E-state index >= 15 is 0 Å². The van der Waals surface area contributed by atoms with Gasteiger partial charge < -0.3 is 5.11 Å². The molecule has 1 aromatic carbocycles. The van der Waals surface area contributed by atoms with Crippen LogP contribution in [0.1, 0.15) is 50.7 Å². The van der Waals surface area contributed by atoms with E-state index in [-0.39, 0.29) is 18.9 Å². The fraction of sp³-hybridized carbons (Fsp3) is 0.389. The molecule has 0 aliphatic heterocycles. The van der Waals surface area contributed by atoms with Crippen LogP contribution >= 0.6 is 0 Å². The summed E-state index contributed by atoms with van der Waals surface area (Å²) in [6, 6.07) is 6.34. The van der Waals surface area contributed by atoms with Crippen molar-refractivity contribution in [1.82, 2.24) is 0 Å². The molecule has 0 fully saturated rings. The first kappa shape index (κ1) is 18.0. The fourth-order valence-electron chi connectivity index (χ4n) is 2.39. The van der Waals surface area contributed by atoms with E-state index in [4.69, 9.17) is 0 Å². The van der Waals surface area contributed by atoms with Crippen LogP contribution in [-0.2, 0) is 0 Å². The first-order valence-electron chi connectivity index (χ1n) is 7.21. The van der Waals surface area contributed by atoms with Gasteiger partial charge in [-0.25, -0.2) is 0 Å². The quantitative estimate of drug-likeness (QED) is 0.593. The summed E-state index contributed by atoms with van der Waals surface area (Å²) >= 11 is 0. The smallest absolute Gasteiger partial charge is 0.845 e. The van der Waals surface area contributed by atoms with Gasteiger partial charge in [0.15, 0.2) is 0 Å². The standard InChI is InChI=1S/C18H22NO.Li/c1-12(2)15-8-6-9-16(13(3)4)18(15)19-11-14-7-5-10-17(14)20;/h5-13,17H,1-4H3;/q-1;+1. The molecule has 1 aromatic rings. The van der Waals surface area contributed by atoms with Crippen molar-refractivity contribution in [3.63, 3.8) is 0 Å². The van der Waals surface area contributed by atoms with Gasteiger partial charge in [-0.3, -0.25) is 4.99 Å². The molecule has 1 aliphatic rings. The van der Waals surface area contributed by atoms with Crippen LogP contribution in [0.3, 0.4) is 0 Å². The fourth-order valence-corrected chi connectivity index (χ4v) is 2.39. The van der Waals surface area contributed by atoms with Crippen molar-refractivity contribution in [3.05, 3.63) is 53.1 Å². The molecule has 0 bridgehead atoms. The molecule has 1 aliphatic carbocycles. The van der Waals surface area contributed by atoms with E-state index in [1.165, 1.54) is 11.1 Å². The van der Waals surface area contributed by atoms with Crippen molar-refractivity contribution >= 4 is 11.9 Å². The Morgan fingerprint density at radius 2 is 1.67 bits per heavy atom. The molecule has 0 aromatic heterocycles. The maximum Gasteiger partial charge on any atom is 1.00 e. The Hall–Kier alpha value is -1.07. The van der Waals surface area contributed by atoms with E-state index in [1.54, 1.807) is 18.4 Å². The third kappa shape index (κ3) is 4.20. The second kappa shape index (κ2) is 7.80. The normalized spacial score (nSPS) is 17.7. The monoisotopic (exact) mass is 275 g/mol. The molecule has 2 nitrogen and oxygen atoms in total. The summed E-state index contributed by atoms with van der Waals surface area (Å²) in [5, 5.41) is 11.7. The van der Waals surface area contributed by atoms with Crippen LogP contribution in [0, 0.1) is 0 Å². The van der Waals surface area contributed by atoms with Gasteiger partial charge in [-0.1, -0.05) is 70.2 Å². The number of nitrogens with zero attached hydrogens (tertiary/aromatic N) is 1. The van der Waals surface area contributed by atoms with Crippen molar-refractivity contribution in [1.29, 1.82) is 0 Å². The summed E-state index contributed by atoms with van der Waals surface area (Å²) in [6.45, 7) is 8.69. The first-order valence-corrected chi connectivity index (χ1v) is 7.21. The van der Waals surface area contributed by atoms with Crippen LogP contribution in [0.15, 0.2) is 47.0 Å². The zero-order chi connectivity index (χ0) is 14.7. The number of hydrogen-bond acceptors (Lipinski definition) is 2. The molecule has 0 heterocycles. The van der Waals surface area contributed by atoms with Crippen molar-refractivity contribution in [2.45, 2.75) is 45.6 Å². The Morgan fingerprint density at radius 3 is 2.10 bits per heavy atom. The Balaban J connectivity index is 0.00000220. The molecule has 3 heteroatoms. The molecular weight excluding hydrogens is 253 g/mol. The SMILES string of the molecule is CC(C)c1cccc(C(C)C)c1N=CC1=CC=CC1[O-].[Li+]. The van der Waals surface area contributed by atoms with Crippen LogP contribution < -0.4 is 24.0 Å². The molecule has 21 heavy (non-hydrogen) atoms. The predicted molar refractivity (Wildman–Crippen MR) is 83.8 cm³/mol. The molecule has 1 atom stereocenters. The molecule has 0 spiro atoms.